The highest BCUT2D eigenvalue weighted by Crippen LogP contribution is 2.41. The van der Waals surface area contributed by atoms with E-state index in [1.54, 1.807) is 11.9 Å². The number of hydrogen-bond donors (Lipinski definition) is 2. The van der Waals surface area contributed by atoms with Crippen molar-refractivity contribution in [2.75, 3.05) is 11.9 Å². The molecular weight excluding hydrogens is 268 g/mol. The molecule has 1 amide bonds. The van der Waals surface area contributed by atoms with Crippen molar-refractivity contribution in [1.29, 1.82) is 5.41 Å². The topological polar surface area (TPSA) is 44.2 Å². The summed E-state index contributed by atoms with van der Waals surface area (Å²) < 4.78 is -1.23. The van der Waals surface area contributed by atoms with E-state index in [9.17, 15) is 4.79 Å². The molecule has 1 unspecified atom stereocenters. The maximum atomic E-state index is 12.7. The summed E-state index contributed by atoms with van der Waals surface area (Å²) in [6, 6.07) is 16.7. The Morgan fingerprint density at radius 3 is 2.35 bits per heavy atom. The Hall–Kier alpha value is -2.07. The number of anilines is 1. The Labute approximate surface area is 123 Å². The standard InChI is InChI=1S/C16H14N2OS/c1-18-13-10-6-5-9-12(13)14(17)16(20,15(18)19)11-7-3-2-4-8-11/h2-10,17,20H,1H3. The number of nitrogens with one attached hydrogen (secondary N) is 1. The van der Waals surface area contributed by atoms with E-state index >= 15 is 0 Å². The number of benzene rings is 2. The van der Waals surface area contributed by atoms with Crippen molar-refractivity contribution in [3.63, 3.8) is 0 Å². The molecule has 4 heteroatoms. The van der Waals surface area contributed by atoms with Gasteiger partial charge in [-0.15, -0.1) is 0 Å². The van der Waals surface area contributed by atoms with E-state index < -0.39 is 4.75 Å². The van der Waals surface area contributed by atoms with E-state index in [-0.39, 0.29) is 11.6 Å². The minimum Gasteiger partial charge on any atom is -0.313 e. The van der Waals surface area contributed by atoms with Crippen molar-refractivity contribution in [1.82, 2.24) is 0 Å². The zero-order valence-electron chi connectivity index (χ0n) is 11.0. The summed E-state index contributed by atoms with van der Waals surface area (Å²) in [7, 11) is 1.72. The molecule has 0 saturated heterocycles. The third-order valence-electron chi connectivity index (χ3n) is 3.70. The minimum absolute atomic E-state index is 0.198. The second kappa shape index (κ2) is 4.49. The second-order valence-electron chi connectivity index (χ2n) is 4.83. The molecular formula is C16H14N2OS. The van der Waals surface area contributed by atoms with Crippen molar-refractivity contribution in [3.05, 3.63) is 65.7 Å². The number of rotatable bonds is 1. The van der Waals surface area contributed by atoms with E-state index in [2.05, 4.69) is 12.6 Å². The van der Waals surface area contributed by atoms with Crippen LogP contribution in [0, 0.1) is 5.41 Å². The van der Waals surface area contributed by atoms with E-state index in [4.69, 9.17) is 5.41 Å². The quantitative estimate of drug-likeness (QED) is 0.776. The van der Waals surface area contributed by atoms with Gasteiger partial charge in [0, 0.05) is 12.6 Å². The lowest BCUT2D eigenvalue weighted by Crippen LogP contribution is -2.51. The van der Waals surface area contributed by atoms with Gasteiger partial charge in [0.15, 0.2) is 4.75 Å². The van der Waals surface area contributed by atoms with Crippen molar-refractivity contribution >= 4 is 29.9 Å². The van der Waals surface area contributed by atoms with Crippen molar-refractivity contribution in [3.8, 4) is 0 Å². The first kappa shape index (κ1) is 12.9. The summed E-state index contributed by atoms with van der Waals surface area (Å²) in [5, 5.41) is 8.46. The lowest BCUT2D eigenvalue weighted by atomic mass is 9.83. The number of fused-ring (bicyclic) bond motifs is 1. The number of carbonyl (C=O) groups is 1. The van der Waals surface area contributed by atoms with E-state index in [0.717, 1.165) is 16.8 Å². The molecule has 0 bridgehead atoms. The smallest absolute Gasteiger partial charge is 0.253 e. The molecule has 1 atom stereocenters. The van der Waals surface area contributed by atoms with Crippen LogP contribution in [0.4, 0.5) is 5.69 Å². The molecule has 2 aromatic rings. The van der Waals surface area contributed by atoms with Crippen LogP contribution in [-0.4, -0.2) is 18.7 Å². The molecule has 0 fully saturated rings. The van der Waals surface area contributed by atoms with E-state index in [0.29, 0.717) is 0 Å². The largest absolute Gasteiger partial charge is 0.313 e. The molecule has 20 heavy (non-hydrogen) atoms. The van der Waals surface area contributed by atoms with E-state index in [1.807, 2.05) is 54.6 Å². The molecule has 0 aromatic heterocycles. The third-order valence-corrected chi connectivity index (χ3v) is 4.38. The number of amides is 1. The predicted molar refractivity (Wildman–Crippen MR) is 83.8 cm³/mol. The van der Waals surface area contributed by atoms with Crippen LogP contribution in [0.2, 0.25) is 0 Å². The van der Waals surface area contributed by atoms with Gasteiger partial charge < -0.3 is 10.3 Å². The van der Waals surface area contributed by atoms with Gasteiger partial charge in [0.25, 0.3) is 5.91 Å². The maximum Gasteiger partial charge on any atom is 0.253 e. The highest BCUT2D eigenvalue weighted by molar-refractivity contribution is 7.83. The number of hydrogen-bond acceptors (Lipinski definition) is 3. The number of carbonyl (C=O) groups excluding carboxylic acids is 1. The third kappa shape index (κ3) is 1.61. The molecule has 0 aliphatic carbocycles. The molecule has 3 nitrogen and oxygen atoms in total. The summed E-state index contributed by atoms with van der Waals surface area (Å²) in [4.78, 5) is 14.3. The minimum atomic E-state index is -1.23. The molecule has 3 rings (SSSR count). The Morgan fingerprint density at radius 2 is 1.65 bits per heavy atom. The molecule has 1 aliphatic rings. The first-order valence-electron chi connectivity index (χ1n) is 6.31. The Bertz CT molecular complexity index is 699. The van der Waals surface area contributed by atoms with Gasteiger partial charge in [-0.1, -0.05) is 48.5 Å². The zero-order valence-corrected chi connectivity index (χ0v) is 11.9. The zero-order chi connectivity index (χ0) is 14.3. The molecule has 1 heterocycles. The highest BCUT2D eigenvalue weighted by atomic mass is 32.1. The van der Waals surface area contributed by atoms with Crippen LogP contribution in [0.1, 0.15) is 11.1 Å². The van der Waals surface area contributed by atoms with Gasteiger partial charge in [-0.2, -0.15) is 12.6 Å². The van der Waals surface area contributed by atoms with Gasteiger partial charge in [0.05, 0.1) is 11.4 Å². The molecule has 1 aliphatic heterocycles. The SMILES string of the molecule is CN1C(=O)C(S)(c2ccccc2)C(=N)c2ccccc21. The van der Waals surface area contributed by atoms with Crippen molar-refractivity contribution in [2.24, 2.45) is 0 Å². The molecule has 0 saturated carbocycles. The van der Waals surface area contributed by atoms with Crippen molar-refractivity contribution < 1.29 is 4.79 Å². The molecule has 1 N–H and O–H groups in total. The normalized spacial score (nSPS) is 21.8. The Balaban J connectivity index is 2.24. The lowest BCUT2D eigenvalue weighted by molar-refractivity contribution is -0.119. The summed E-state index contributed by atoms with van der Waals surface area (Å²) in [5.41, 5.74) is 2.45. The fraction of sp³-hybridized carbons (Fsp3) is 0.125. The van der Waals surface area contributed by atoms with Crippen LogP contribution in [0.25, 0.3) is 0 Å². The predicted octanol–water partition coefficient (Wildman–Crippen LogP) is 2.86. The summed E-state index contributed by atoms with van der Waals surface area (Å²) in [5.74, 6) is -0.198. The Kier molecular flexibility index (Phi) is 2.91. The average Bonchev–Trinajstić information content (AvgIpc) is 2.51. The molecule has 0 radical (unpaired) electrons. The summed E-state index contributed by atoms with van der Waals surface area (Å²) in [6.07, 6.45) is 0. The number of para-hydroxylation sites is 1. The number of thiol groups is 1. The van der Waals surface area contributed by atoms with Crippen LogP contribution >= 0.6 is 12.6 Å². The van der Waals surface area contributed by atoms with Gasteiger partial charge in [-0.25, -0.2) is 0 Å². The van der Waals surface area contributed by atoms with E-state index in [1.165, 1.54) is 0 Å². The molecule has 100 valence electrons. The molecule has 0 spiro atoms. The summed E-state index contributed by atoms with van der Waals surface area (Å²) in [6.45, 7) is 0. The van der Waals surface area contributed by atoms with Crippen LogP contribution in [0.15, 0.2) is 54.6 Å². The fourth-order valence-corrected chi connectivity index (χ4v) is 3.00. The molecule has 2 aromatic carbocycles. The fourth-order valence-electron chi connectivity index (χ4n) is 2.58. The Morgan fingerprint density at radius 1 is 1.05 bits per heavy atom. The van der Waals surface area contributed by atoms with Crippen LogP contribution < -0.4 is 4.90 Å². The second-order valence-corrected chi connectivity index (χ2v) is 5.50. The van der Waals surface area contributed by atoms with Gasteiger partial charge in [0.2, 0.25) is 0 Å². The summed E-state index contributed by atoms with van der Waals surface area (Å²) >= 11 is 4.60. The first-order valence-corrected chi connectivity index (χ1v) is 6.76. The first-order chi connectivity index (χ1) is 9.56. The van der Waals surface area contributed by atoms with Gasteiger partial charge in [0.1, 0.15) is 0 Å². The van der Waals surface area contributed by atoms with Crippen LogP contribution in [-0.2, 0) is 9.54 Å². The number of likely N-dealkylation sites (N-methyl/N-ethyl adjacent to an activating group) is 1. The highest BCUT2D eigenvalue weighted by Gasteiger charge is 2.48. The van der Waals surface area contributed by atoms with Gasteiger partial charge in [-0.05, 0) is 11.6 Å². The average molecular weight is 282 g/mol. The van der Waals surface area contributed by atoms with Gasteiger partial charge in [-0.3, -0.25) is 4.79 Å². The monoisotopic (exact) mass is 282 g/mol. The number of nitrogens with zero attached hydrogens (tertiary/aromatic N) is 1. The van der Waals surface area contributed by atoms with Crippen LogP contribution in [0.5, 0.6) is 0 Å². The van der Waals surface area contributed by atoms with Crippen LogP contribution in [0.3, 0.4) is 0 Å². The lowest BCUT2D eigenvalue weighted by Gasteiger charge is -2.38. The van der Waals surface area contributed by atoms with Crippen molar-refractivity contribution in [2.45, 2.75) is 4.75 Å². The maximum absolute atomic E-state index is 12.7. The van der Waals surface area contributed by atoms with Gasteiger partial charge >= 0.3 is 0 Å².